The second-order valence-corrected chi connectivity index (χ2v) is 5.67. The molecular formula is C12H12BrN3O5. The number of nitrogens with zero attached hydrogens (tertiary/aromatic N) is 1. The molecule has 2 amide bonds. The number of carbonyl (C=O) groups excluding carboxylic acids is 1. The van der Waals surface area contributed by atoms with Gasteiger partial charge in [0.1, 0.15) is 0 Å². The van der Waals surface area contributed by atoms with Crippen molar-refractivity contribution < 1.29 is 19.6 Å². The second kappa shape index (κ2) is 5.68. The molecule has 9 heteroatoms. The highest BCUT2D eigenvalue weighted by atomic mass is 79.9. The third kappa shape index (κ3) is 3.48. The van der Waals surface area contributed by atoms with Crippen molar-refractivity contribution in [2.24, 2.45) is 5.41 Å². The summed E-state index contributed by atoms with van der Waals surface area (Å²) in [6.45, 7) is 0.0285. The first-order valence-electron chi connectivity index (χ1n) is 6.06. The number of non-ortho nitro benzene ring substituents is 1. The zero-order valence-electron chi connectivity index (χ0n) is 10.8. The summed E-state index contributed by atoms with van der Waals surface area (Å²) < 4.78 is 0.489. The maximum absolute atomic E-state index is 11.7. The molecule has 1 saturated carbocycles. The Hall–Kier alpha value is -2.16. The number of halogens is 1. The van der Waals surface area contributed by atoms with E-state index < -0.39 is 22.3 Å². The molecule has 8 nitrogen and oxygen atoms in total. The van der Waals surface area contributed by atoms with Crippen molar-refractivity contribution >= 4 is 39.3 Å². The van der Waals surface area contributed by atoms with Crippen molar-refractivity contribution in [1.82, 2.24) is 5.32 Å². The molecule has 0 bridgehead atoms. The first-order chi connectivity index (χ1) is 9.84. The third-order valence-corrected chi connectivity index (χ3v) is 4.00. The fraction of sp³-hybridized carbons (Fsp3) is 0.333. The van der Waals surface area contributed by atoms with E-state index in [1.54, 1.807) is 0 Å². The van der Waals surface area contributed by atoms with Crippen LogP contribution in [0.1, 0.15) is 12.8 Å². The number of anilines is 1. The smallest absolute Gasteiger partial charge is 0.319 e. The molecule has 1 aliphatic carbocycles. The van der Waals surface area contributed by atoms with E-state index in [4.69, 9.17) is 5.11 Å². The Labute approximate surface area is 127 Å². The Balaban J connectivity index is 1.98. The van der Waals surface area contributed by atoms with E-state index in [0.29, 0.717) is 17.3 Å². The highest BCUT2D eigenvalue weighted by molar-refractivity contribution is 9.10. The second-order valence-electron chi connectivity index (χ2n) is 4.81. The van der Waals surface area contributed by atoms with E-state index >= 15 is 0 Å². The van der Waals surface area contributed by atoms with E-state index in [1.807, 2.05) is 0 Å². The average molecular weight is 358 g/mol. The predicted octanol–water partition coefficient (Wildman–Crippen LogP) is 2.34. The van der Waals surface area contributed by atoms with Crippen LogP contribution < -0.4 is 10.6 Å². The van der Waals surface area contributed by atoms with E-state index in [0.717, 1.165) is 0 Å². The molecule has 1 aromatic carbocycles. The summed E-state index contributed by atoms with van der Waals surface area (Å²) >= 11 is 3.18. The van der Waals surface area contributed by atoms with Gasteiger partial charge in [-0.3, -0.25) is 14.9 Å². The van der Waals surface area contributed by atoms with Gasteiger partial charge in [-0.2, -0.15) is 0 Å². The number of carboxylic acid groups (broad SMARTS) is 1. The molecule has 112 valence electrons. The van der Waals surface area contributed by atoms with Gasteiger partial charge in [-0.25, -0.2) is 4.79 Å². The molecule has 1 aromatic rings. The monoisotopic (exact) mass is 357 g/mol. The van der Waals surface area contributed by atoms with Crippen LogP contribution in [0, 0.1) is 15.5 Å². The number of amides is 2. The number of hydrogen-bond donors (Lipinski definition) is 3. The Morgan fingerprint density at radius 2 is 2.10 bits per heavy atom. The van der Waals surface area contributed by atoms with E-state index in [-0.39, 0.29) is 17.9 Å². The summed E-state index contributed by atoms with van der Waals surface area (Å²) in [6, 6.07) is 3.36. The van der Waals surface area contributed by atoms with Gasteiger partial charge < -0.3 is 15.7 Å². The Kier molecular flexibility index (Phi) is 4.12. The van der Waals surface area contributed by atoms with E-state index in [1.165, 1.54) is 18.2 Å². The van der Waals surface area contributed by atoms with Gasteiger partial charge in [-0.05, 0) is 34.8 Å². The van der Waals surface area contributed by atoms with E-state index in [2.05, 4.69) is 26.6 Å². The lowest BCUT2D eigenvalue weighted by Crippen LogP contribution is -2.36. The summed E-state index contributed by atoms with van der Waals surface area (Å²) in [5.41, 5.74) is -0.781. The number of carbonyl (C=O) groups is 2. The minimum absolute atomic E-state index is 0.0285. The lowest BCUT2D eigenvalue weighted by atomic mass is 10.1. The first-order valence-corrected chi connectivity index (χ1v) is 6.85. The summed E-state index contributed by atoms with van der Waals surface area (Å²) in [5.74, 6) is -0.931. The summed E-state index contributed by atoms with van der Waals surface area (Å²) in [4.78, 5) is 32.8. The number of rotatable bonds is 5. The molecule has 0 aromatic heterocycles. The van der Waals surface area contributed by atoms with Crippen LogP contribution in [0.4, 0.5) is 16.2 Å². The predicted molar refractivity (Wildman–Crippen MR) is 77.1 cm³/mol. The summed E-state index contributed by atoms with van der Waals surface area (Å²) in [5, 5.41) is 24.6. The molecule has 0 radical (unpaired) electrons. The zero-order valence-corrected chi connectivity index (χ0v) is 12.3. The number of urea groups is 1. The number of hydrogen-bond acceptors (Lipinski definition) is 4. The molecule has 21 heavy (non-hydrogen) atoms. The average Bonchev–Trinajstić information content (AvgIpc) is 3.20. The molecule has 0 atom stereocenters. The van der Waals surface area contributed by atoms with Crippen LogP contribution in [0.2, 0.25) is 0 Å². The van der Waals surface area contributed by atoms with Gasteiger partial charge >= 0.3 is 12.0 Å². The number of nitro benzene ring substituents is 1. The van der Waals surface area contributed by atoms with Crippen LogP contribution in [-0.4, -0.2) is 28.6 Å². The Morgan fingerprint density at radius 1 is 1.43 bits per heavy atom. The van der Waals surface area contributed by atoms with Gasteiger partial charge in [0.15, 0.2) is 0 Å². The van der Waals surface area contributed by atoms with Gasteiger partial charge in [-0.1, -0.05) is 0 Å². The minimum Gasteiger partial charge on any atom is -0.481 e. The fourth-order valence-corrected chi connectivity index (χ4v) is 2.10. The van der Waals surface area contributed by atoms with Crippen molar-refractivity contribution in [3.8, 4) is 0 Å². The maximum atomic E-state index is 11.7. The zero-order chi connectivity index (χ0) is 15.6. The SMILES string of the molecule is O=C(NCC1(C(=O)O)CC1)Nc1cc([N+](=O)[O-])ccc1Br. The van der Waals surface area contributed by atoms with Gasteiger partial charge in [0.2, 0.25) is 0 Å². The number of nitro groups is 1. The molecule has 2 rings (SSSR count). The first kappa shape index (κ1) is 15.2. The Morgan fingerprint density at radius 3 is 2.62 bits per heavy atom. The number of nitrogens with one attached hydrogen (secondary N) is 2. The van der Waals surface area contributed by atoms with Crippen molar-refractivity contribution in [2.45, 2.75) is 12.8 Å². The molecule has 0 spiro atoms. The molecular weight excluding hydrogens is 346 g/mol. The van der Waals surface area contributed by atoms with Gasteiger partial charge in [0, 0.05) is 23.2 Å². The maximum Gasteiger partial charge on any atom is 0.319 e. The van der Waals surface area contributed by atoms with Crippen molar-refractivity contribution in [2.75, 3.05) is 11.9 Å². The topological polar surface area (TPSA) is 122 Å². The van der Waals surface area contributed by atoms with Crippen LogP contribution >= 0.6 is 15.9 Å². The van der Waals surface area contributed by atoms with Gasteiger partial charge in [0.05, 0.1) is 16.0 Å². The molecule has 0 unspecified atom stereocenters. The quantitative estimate of drug-likeness (QED) is 0.551. The standard InChI is InChI=1S/C12H12BrN3O5/c13-8-2-1-7(16(20)21)5-9(8)15-11(19)14-6-12(3-4-12)10(17)18/h1-2,5H,3-4,6H2,(H,17,18)(H2,14,15,19). The molecule has 0 saturated heterocycles. The van der Waals surface area contributed by atoms with Crippen LogP contribution in [0.5, 0.6) is 0 Å². The van der Waals surface area contributed by atoms with Crippen LogP contribution in [0.3, 0.4) is 0 Å². The highest BCUT2D eigenvalue weighted by Gasteiger charge is 2.50. The number of carboxylic acids is 1. The molecule has 1 fully saturated rings. The van der Waals surface area contributed by atoms with Crippen LogP contribution in [-0.2, 0) is 4.79 Å². The van der Waals surface area contributed by atoms with Gasteiger partial charge in [0.25, 0.3) is 5.69 Å². The van der Waals surface area contributed by atoms with Crippen LogP contribution in [0.25, 0.3) is 0 Å². The Bertz CT molecular complexity index is 615. The van der Waals surface area contributed by atoms with Gasteiger partial charge in [-0.15, -0.1) is 0 Å². The summed E-state index contributed by atoms with van der Waals surface area (Å²) in [7, 11) is 0. The van der Waals surface area contributed by atoms with Crippen molar-refractivity contribution in [1.29, 1.82) is 0 Å². The summed E-state index contributed by atoms with van der Waals surface area (Å²) in [6.07, 6.45) is 1.06. The molecule has 0 aliphatic heterocycles. The van der Waals surface area contributed by atoms with Crippen LogP contribution in [0.15, 0.2) is 22.7 Å². The molecule has 0 heterocycles. The molecule has 3 N–H and O–H groups in total. The number of benzene rings is 1. The fourth-order valence-electron chi connectivity index (χ4n) is 1.76. The normalized spacial score (nSPS) is 15.1. The lowest BCUT2D eigenvalue weighted by molar-refractivity contribution is -0.384. The lowest BCUT2D eigenvalue weighted by Gasteiger charge is -2.12. The highest BCUT2D eigenvalue weighted by Crippen LogP contribution is 2.45. The van der Waals surface area contributed by atoms with E-state index in [9.17, 15) is 19.7 Å². The number of aliphatic carboxylic acids is 1. The minimum atomic E-state index is -0.931. The third-order valence-electron chi connectivity index (χ3n) is 3.30. The van der Waals surface area contributed by atoms with Crippen molar-refractivity contribution in [3.63, 3.8) is 0 Å². The largest absolute Gasteiger partial charge is 0.481 e. The van der Waals surface area contributed by atoms with Crippen molar-refractivity contribution in [3.05, 3.63) is 32.8 Å². The molecule has 1 aliphatic rings.